The molecule has 0 amide bonds. The molecule has 6 nitrogen and oxygen atoms in total. The van der Waals surface area contributed by atoms with Gasteiger partial charge in [-0.1, -0.05) is 35.4 Å². The zero-order valence-corrected chi connectivity index (χ0v) is 19.8. The molecule has 2 fully saturated rings. The fourth-order valence-electron chi connectivity index (χ4n) is 4.24. The SMILES string of the molecule is Cc1ccc(SNc2cccc(Cl)c2C(=N)N2CCN(c3ncc(F)cn3)CC23CC3)cc1. The van der Waals surface area contributed by atoms with Crippen LogP contribution in [0, 0.1) is 18.2 Å². The Bertz CT molecular complexity index is 1170. The first-order valence-corrected chi connectivity index (χ1v) is 12.0. The largest absolute Gasteiger partial charge is 0.347 e. The number of benzene rings is 2. The lowest BCUT2D eigenvalue weighted by Gasteiger charge is -2.43. The van der Waals surface area contributed by atoms with Gasteiger partial charge in [0.25, 0.3) is 0 Å². The number of piperazine rings is 1. The van der Waals surface area contributed by atoms with Gasteiger partial charge in [0.1, 0.15) is 5.84 Å². The molecule has 1 spiro atoms. The molecular formula is C24H24ClFN6S. The van der Waals surface area contributed by atoms with Gasteiger partial charge in [-0.15, -0.1) is 0 Å². The summed E-state index contributed by atoms with van der Waals surface area (Å²) in [6.07, 6.45) is 4.37. The van der Waals surface area contributed by atoms with Crippen molar-refractivity contribution < 1.29 is 4.39 Å². The Morgan fingerprint density at radius 2 is 1.85 bits per heavy atom. The normalized spacial score (nSPS) is 16.7. The van der Waals surface area contributed by atoms with Gasteiger partial charge >= 0.3 is 0 Å². The Balaban J connectivity index is 1.35. The first-order chi connectivity index (χ1) is 15.9. The number of aromatic nitrogens is 2. The van der Waals surface area contributed by atoms with Crippen LogP contribution in [0.3, 0.4) is 0 Å². The quantitative estimate of drug-likeness (QED) is 0.289. The topological polar surface area (TPSA) is 68.1 Å². The molecular weight excluding hydrogens is 459 g/mol. The van der Waals surface area contributed by atoms with Gasteiger partial charge in [0, 0.05) is 24.5 Å². The van der Waals surface area contributed by atoms with E-state index in [1.54, 1.807) is 0 Å². The maximum absolute atomic E-state index is 13.2. The van der Waals surface area contributed by atoms with Crippen molar-refractivity contribution in [2.75, 3.05) is 29.3 Å². The summed E-state index contributed by atoms with van der Waals surface area (Å²) in [5.74, 6) is 0.510. The van der Waals surface area contributed by atoms with E-state index in [4.69, 9.17) is 17.0 Å². The Kier molecular flexibility index (Phi) is 5.88. The minimum atomic E-state index is -0.442. The fraction of sp³-hybridized carbons (Fsp3) is 0.292. The maximum atomic E-state index is 13.2. The molecule has 5 rings (SSSR count). The lowest BCUT2D eigenvalue weighted by molar-refractivity contribution is 0.257. The molecule has 2 aliphatic rings. The minimum Gasteiger partial charge on any atom is -0.347 e. The molecule has 1 aliphatic carbocycles. The third-order valence-electron chi connectivity index (χ3n) is 6.19. The van der Waals surface area contributed by atoms with E-state index in [1.165, 1.54) is 29.9 Å². The van der Waals surface area contributed by atoms with Gasteiger partial charge in [0.2, 0.25) is 5.95 Å². The number of nitrogens with one attached hydrogen (secondary N) is 2. The third kappa shape index (κ3) is 4.50. The van der Waals surface area contributed by atoms with Crippen molar-refractivity contribution in [3.05, 3.63) is 76.8 Å². The van der Waals surface area contributed by atoms with Crippen molar-refractivity contribution >= 4 is 41.0 Å². The molecule has 0 atom stereocenters. The molecule has 1 aliphatic heterocycles. The Labute approximate surface area is 201 Å². The predicted octanol–water partition coefficient (Wildman–Crippen LogP) is 5.38. The summed E-state index contributed by atoms with van der Waals surface area (Å²) in [6, 6.07) is 14.0. The Hall–Kier alpha value is -2.84. The van der Waals surface area contributed by atoms with Crippen LogP contribution in [-0.2, 0) is 0 Å². The Morgan fingerprint density at radius 3 is 2.55 bits per heavy atom. The van der Waals surface area contributed by atoms with Crippen molar-refractivity contribution in [1.29, 1.82) is 5.41 Å². The van der Waals surface area contributed by atoms with E-state index in [1.807, 2.05) is 18.2 Å². The van der Waals surface area contributed by atoms with Crippen molar-refractivity contribution in [2.45, 2.75) is 30.2 Å². The zero-order valence-electron chi connectivity index (χ0n) is 18.2. The van der Waals surface area contributed by atoms with Gasteiger partial charge in [-0.2, -0.15) is 0 Å². The van der Waals surface area contributed by atoms with Crippen LogP contribution in [0.15, 0.2) is 59.8 Å². The summed E-state index contributed by atoms with van der Waals surface area (Å²) >= 11 is 8.12. The van der Waals surface area contributed by atoms with Crippen LogP contribution in [0.25, 0.3) is 0 Å². The standard InChI is InChI=1S/C24H24ClFN6S/c1-16-5-7-18(8-6-16)33-30-20-4-2-3-19(25)21(20)22(27)32-12-11-31(15-24(32)9-10-24)23-28-13-17(26)14-29-23/h2-8,13-14,27,30H,9-12,15H2,1H3. The summed E-state index contributed by atoms with van der Waals surface area (Å²) in [4.78, 5) is 13.6. The van der Waals surface area contributed by atoms with Crippen molar-refractivity contribution in [3.8, 4) is 0 Å². The summed E-state index contributed by atoms with van der Waals surface area (Å²) in [5.41, 5.74) is 2.59. The van der Waals surface area contributed by atoms with Gasteiger partial charge in [0.15, 0.2) is 5.82 Å². The molecule has 1 saturated heterocycles. The number of hydrogen-bond donors (Lipinski definition) is 2. The molecule has 1 aromatic heterocycles. The van der Waals surface area contributed by atoms with E-state index in [0.29, 0.717) is 42.0 Å². The van der Waals surface area contributed by atoms with E-state index in [9.17, 15) is 4.39 Å². The Morgan fingerprint density at radius 1 is 1.12 bits per heavy atom. The zero-order chi connectivity index (χ0) is 23.0. The number of aryl methyl sites for hydroxylation is 1. The van der Waals surface area contributed by atoms with E-state index in [0.717, 1.165) is 23.4 Å². The first-order valence-electron chi connectivity index (χ1n) is 10.8. The van der Waals surface area contributed by atoms with Crippen LogP contribution in [0.2, 0.25) is 5.02 Å². The molecule has 33 heavy (non-hydrogen) atoms. The van der Waals surface area contributed by atoms with E-state index < -0.39 is 5.82 Å². The molecule has 0 bridgehead atoms. The highest BCUT2D eigenvalue weighted by Gasteiger charge is 2.53. The molecule has 2 aromatic carbocycles. The van der Waals surface area contributed by atoms with Gasteiger partial charge in [-0.05, 0) is 56.0 Å². The smallest absolute Gasteiger partial charge is 0.225 e. The number of anilines is 2. The number of amidine groups is 1. The van der Waals surface area contributed by atoms with E-state index in [2.05, 4.69) is 55.7 Å². The van der Waals surface area contributed by atoms with Crippen molar-refractivity contribution in [1.82, 2.24) is 14.9 Å². The summed E-state index contributed by atoms with van der Waals surface area (Å²) in [5, 5.41) is 9.65. The maximum Gasteiger partial charge on any atom is 0.225 e. The average Bonchev–Trinajstić information content (AvgIpc) is 3.58. The fourth-order valence-corrected chi connectivity index (χ4v) is 5.18. The van der Waals surface area contributed by atoms with Gasteiger partial charge in [0.05, 0.1) is 34.2 Å². The monoisotopic (exact) mass is 482 g/mol. The molecule has 0 radical (unpaired) electrons. The molecule has 170 valence electrons. The summed E-state index contributed by atoms with van der Waals surface area (Å²) in [7, 11) is 0. The lowest BCUT2D eigenvalue weighted by Crippen LogP contribution is -2.57. The molecule has 0 unspecified atom stereocenters. The lowest BCUT2D eigenvalue weighted by atomic mass is 10.1. The van der Waals surface area contributed by atoms with Crippen molar-refractivity contribution in [3.63, 3.8) is 0 Å². The summed E-state index contributed by atoms with van der Waals surface area (Å²) < 4.78 is 16.6. The van der Waals surface area contributed by atoms with Crippen molar-refractivity contribution in [2.24, 2.45) is 0 Å². The van der Waals surface area contributed by atoms with Gasteiger partial charge in [-0.3, -0.25) is 5.41 Å². The highest BCUT2D eigenvalue weighted by atomic mass is 35.5. The highest BCUT2D eigenvalue weighted by Crippen LogP contribution is 2.46. The third-order valence-corrected chi connectivity index (χ3v) is 7.33. The molecule has 2 N–H and O–H groups in total. The van der Waals surface area contributed by atoms with E-state index >= 15 is 0 Å². The summed E-state index contributed by atoms with van der Waals surface area (Å²) in [6.45, 7) is 4.07. The minimum absolute atomic E-state index is 0.145. The first kappa shape index (κ1) is 22.0. The van der Waals surface area contributed by atoms with Gasteiger partial charge in [-0.25, -0.2) is 14.4 Å². The number of hydrogen-bond acceptors (Lipinski definition) is 6. The highest BCUT2D eigenvalue weighted by molar-refractivity contribution is 8.00. The number of halogens is 2. The predicted molar refractivity (Wildman–Crippen MR) is 132 cm³/mol. The average molecular weight is 483 g/mol. The van der Waals surface area contributed by atoms with Gasteiger partial charge < -0.3 is 14.5 Å². The second-order valence-corrected chi connectivity index (χ2v) is 9.81. The van der Waals surface area contributed by atoms with Crippen LogP contribution in [0.1, 0.15) is 24.0 Å². The van der Waals surface area contributed by atoms with E-state index in [-0.39, 0.29) is 5.54 Å². The second-order valence-electron chi connectivity index (χ2n) is 8.53. The van der Waals surface area contributed by atoms with Crippen LogP contribution in [0.4, 0.5) is 16.0 Å². The van der Waals surface area contributed by atoms with Crippen LogP contribution in [0.5, 0.6) is 0 Å². The van der Waals surface area contributed by atoms with Crippen LogP contribution < -0.4 is 9.62 Å². The van der Waals surface area contributed by atoms with Crippen LogP contribution in [-0.4, -0.2) is 45.9 Å². The molecule has 3 aromatic rings. The van der Waals surface area contributed by atoms with Crippen LogP contribution >= 0.6 is 23.5 Å². The number of nitrogens with zero attached hydrogens (tertiary/aromatic N) is 4. The molecule has 1 saturated carbocycles. The second kappa shape index (κ2) is 8.83. The molecule has 2 heterocycles. The number of rotatable bonds is 5. The molecule has 9 heteroatoms.